The van der Waals surface area contributed by atoms with Crippen molar-refractivity contribution in [1.29, 1.82) is 0 Å². The topological polar surface area (TPSA) is 126 Å². The van der Waals surface area contributed by atoms with Gasteiger partial charge >= 0.3 is 17.8 Å². The molecule has 0 unspecified atom stereocenters. The van der Waals surface area contributed by atoms with Crippen molar-refractivity contribution in [3.63, 3.8) is 0 Å². The van der Waals surface area contributed by atoms with E-state index in [1.165, 1.54) is 19.1 Å². The number of halogens is 1. The summed E-state index contributed by atoms with van der Waals surface area (Å²) in [5.41, 5.74) is 4.28. The summed E-state index contributed by atoms with van der Waals surface area (Å²) >= 11 is 5.99. The van der Waals surface area contributed by atoms with Crippen molar-refractivity contribution in [2.75, 3.05) is 17.2 Å². The average Bonchev–Trinajstić information content (AvgIpc) is 2.75. The van der Waals surface area contributed by atoms with E-state index in [0.29, 0.717) is 27.5 Å². The molecule has 0 aliphatic rings. The van der Waals surface area contributed by atoms with Crippen molar-refractivity contribution < 1.29 is 23.9 Å². The molecule has 10 heteroatoms. The van der Waals surface area contributed by atoms with Gasteiger partial charge in [-0.15, -0.1) is 0 Å². The third-order valence-corrected chi connectivity index (χ3v) is 4.58. The van der Waals surface area contributed by atoms with Crippen LogP contribution >= 0.6 is 11.6 Å². The molecule has 2 aromatic carbocycles. The molecule has 0 saturated carbocycles. The second-order valence-electron chi connectivity index (χ2n) is 6.68. The minimum Gasteiger partial charge on any atom is -0.462 e. The highest BCUT2D eigenvalue weighted by Crippen LogP contribution is 2.22. The number of ether oxygens (including phenoxy) is 1. The largest absolute Gasteiger partial charge is 0.462 e. The van der Waals surface area contributed by atoms with Gasteiger partial charge < -0.3 is 15.4 Å². The van der Waals surface area contributed by atoms with Crippen molar-refractivity contribution in [3.05, 3.63) is 58.6 Å². The minimum atomic E-state index is -0.987. The highest BCUT2D eigenvalue weighted by atomic mass is 35.5. The molecule has 0 atom stereocenters. The van der Waals surface area contributed by atoms with Crippen LogP contribution in [0.15, 0.2) is 47.6 Å². The number of nitrogens with one attached hydrogen (secondary N) is 3. The van der Waals surface area contributed by atoms with Crippen LogP contribution in [0, 0.1) is 6.92 Å². The number of carbonyl (C=O) groups is 4. The molecule has 0 heterocycles. The van der Waals surface area contributed by atoms with E-state index in [4.69, 9.17) is 16.3 Å². The van der Waals surface area contributed by atoms with Gasteiger partial charge in [-0.25, -0.2) is 10.2 Å². The highest BCUT2D eigenvalue weighted by molar-refractivity contribution is 6.40. The summed E-state index contributed by atoms with van der Waals surface area (Å²) in [5.74, 6) is -2.74. The van der Waals surface area contributed by atoms with Crippen LogP contribution in [0.25, 0.3) is 0 Å². The van der Waals surface area contributed by atoms with E-state index in [2.05, 4.69) is 21.2 Å². The van der Waals surface area contributed by atoms with Gasteiger partial charge in [0.15, 0.2) is 0 Å². The molecule has 0 aliphatic carbocycles. The standard InChI is InChI=1S/C22H23ClN4O5/c1-4-32-22(31)15-8-10-16(11-9-15)24-19(28)12-13(2)26-27-21(30)20(29)25-18-7-5-6-17(23)14(18)3/h5-11H,4,12H2,1-3H3,(H,24,28)(H,25,29)(H,27,30). The summed E-state index contributed by atoms with van der Waals surface area (Å²) in [4.78, 5) is 47.8. The van der Waals surface area contributed by atoms with Gasteiger partial charge in [-0.3, -0.25) is 14.4 Å². The number of benzene rings is 2. The fourth-order valence-corrected chi connectivity index (χ4v) is 2.67. The molecule has 0 spiro atoms. The van der Waals surface area contributed by atoms with Crippen LogP contribution in [0.4, 0.5) is 11.4 Å². The maximum atomic E-state index is 12.1. The lowest BCUT2D eigenvalue weighted by molar-refractivity contribution is -0.136. The SMILES string of the molecule is CCOC(=O)c1ccc(NC(=O)CC(C)=NNC(=O)C(=O)Nc2cccc(Cl)c2C)cc1. The zero-order valence-corrected chi connectivity index (χ0v) is 18.6. The first kappa shape index (κ1) is 24.5. The fraction of sp³-hybridized carbons (Fsp3) is 0.227. The van der Waals surface area contributed by atoms with Crippen molar-refractivity contribution in [3.8, 4) is 0 Å². The van der Waals surface area contributed by atoms with Crippen molar-refractivity contribution >= 4 is 52.4 Å². The third kappa shape index (κ3) is 7.21. The summed E-state index contributed by atoms with van der Waals surface area (Å²) in [6.07, 6.45) is -0.116. The molecule has 168 valence electrons. The number of esters is 1. The highest BCUT2D eigenvalue weighted by Gasteiger charge is 2.15. The lowest BCUT2D eigenvalue weighted by atomic mass is 10.2. The smallest absolute Gasteiger partial charge is 0.338 e. The summed E-state index contributed by atoms with van der Waals surface area (Å²) < 4.78 is 4.90. The number of rotatable bonds is 7. The predicted octanol–water partition coefficient (Wildman–Crippen LogP) is 3.28. The Kier molecular flexibility index (Phi) is 8.91. The van der Waals surface area contributed by atoms with Crippen LogP contribution in [0.3, 0.4) is 0 Å². The molecule has 0 saturated heterocycles. The Morgan fingerprint density at radius 2 is 1.69 bits per heavy atom. The van der Waals surface area contributed by atoms with Crippen LogP contribution in [0.1, 0.15) is 36.2 Å². The number of anilines is 2. The van der Waals surface area contributed by atoms with Crippen LogP contribution in [-0.2, 0) is 19.1 Å². The number of hydrogen-bond acceptors (Lipinski definition) is 6. The molecular weight excluding hydrogens is 436 g/mol. The lowest BCUT2D eigenvalue weighted by Gasteiger charge is -2.09. The van der Waals surface area contributed by atoms with E-state index < -0.39 is 17.8 Å². The number of hydrazone groups is 1. The van der Waals surface area contributed by atoms with Gasteiger partial charge in [0.2, 0.25) is 5.91 Å². The first-order valence-corrected chi connectivity index (χ1v) is 10.1. The molecule has 0 radical (unpaired) electrons. The lowest BCUT2D eigenvalue weighted by Crippen LogP contribution is -2.33. The first-order valence-electron chi connectivity index (χ1n) is 9.68. The average molecular weight is 459 g/mol. The van der Waals surface area contributed by atoms with Gasteiger partial charge in [-0.2, -0.15) is 5.10 Å². The van der Waals surface area contributed by atoms with Gasteiger partial charge in [-0.1, -0.05) is 17.7 Å². The quantitative estimate of drug-likeness (QED) is 0.254. The summed E-state index contributed by atoms with van der Waals surface area (Å²) in [5, 5.41) is 9.33. The zero-order chi connectivity index (χ0) is 23.7. The number of hydrogen-bond donors (Lipinski definition) is 3. The molecule has 0 bridgehead atoms. The molecule has 0 aliphatic heterocycles. The molecule has 0 aromatic heterocycles. The van der Waals surface area contributed by atoms with Gasteiger partial charge in [-0.05, 0) is 62.7 Å². The van der Waals surface area contributed by atoms with Gasteiger partial charge in [0.25, 0.3) is 0 Å². The summed E-state index contributed by atoms with van der Waals surface area (Å²) in [6.45, 7) is 5.23. The van der Waals surface area contributed by atoms with E-state index in [0.717, 1.165) is 0 Å². The first-order chi connectivity index (χ1) is 15.2. The maximum absolute atomic E-state index is 12.1. The van der Waals surface area contributed by atoms with Crippen molar-refractivity contribution in [2.24, 2.45) is 5.10 Å². The van der Waals surface area contributed by atoms with Gasteiger partial charge in [0.05, 0.1) is 18.6 Å². The third-order valence-electron chi connectivity index (χ3n) is 4.17. The Morgan fingerprint density at radius 1 is 1.00 bits per heavy atom. The Morgan fingerprint density at radius 3 is 2.34 bits per heavy atom. The van der Waals surface area contributed by atoms with Gasteiger partial charge in [0, 0.05) is 22.1 Å². The Balaban J connectivity index is 1.85. The molecule has 3 amide bonds. The molecule has 0 fully saturated rings. The number of nitrogens with zero attached hydrogens (tertiary/aromatic N) is 1. The van der Waals surface area contributed by atoms with Crippen LogP contribution < -0.4 is 16.1 Å². The van der Waals surface area contributed by atoms with E-state index in [1.54, 1.807) is 44.2 Å². The fourth-order valence-electron chi connectivity index (χ4n) is 2.50. The Hall–Kier alpha value is -3.72. The predicted molar refractivity (Wildman–Crippen MR) is 122 cm³/mol. The van der Waals surface area contributed by atoms with E-state index >= 15 is 0 Å². The molecular formula is C22H23ClN4O5. The molecule has 32 heavy (non-hydrogen) atoms. The van der Waals surface area contributed by atoms with Crippen LogP contribution in [0.2, 0.25) is 5.02 Å². The number of amides is 3. The van der Waals surface area contributed by atoms with Gasteiger partial charge in [0.1, 0.15) is 0 Å². The second kappa shape index (κ2) is 11.6. The molecule has 2 rings (SSSR count). The normalized spacial score (nSPS) is 10.8. The second-order valence-corrected chi connectivity index (χ2v) is 7.08. The molecule has 2 aromatic rings. The van der Waals surface area contributed by atoms with Crippen molar-refractivity contribution in [1.82, 2.24) is 5.43 Å². The Bertz CT molecular complexity index is 1050. The van der Waals surface area contributed by atoms with E-state index in [-0.39, 0.29) is 24.6 Å². The summed E-state index contributed by atoms with van der Waals surface area (Å²) in [6, 6.07) is 11.1. The minimum absolute atomic E-state index is 0.116. The van der Waals surface area contributed by atoms with Crippen molar-refractivity contribution in [2.45, 2.75) is 27.2 Å². The molecule has 3 N–H and O–H groups in total. The number of carbonyl (C=O) groups excluding carboxylic acids is 4. The Labute approximate surface area is 190 Å². The zero-order valence-electron chi connectivity index (χ0n) is 17.8. The maximum Gasteiger partial charge on any atom is 0.338 e. The van der Waals surface area contributed by atoms with E-state index in [9.17, 15) is 19.2 Å². The van der Waals surface area contributed by atoms with Crippen LogP contribution in [0.5, 0.6) is 0 Å². The molecule has 9 nitrogen and oxygen atoms in total. The van der Waals surface area contributed by atoms with E-state index in [1.807, 2.05) is 0 Å². The van der Waals surface area contributed by atoms with Crippen LogP contribution in [-0.4, -0.2) is 36.0 Å². The summed E-state index contributed by atoms with van der Waals surface area (Å²) in [7, 11) is 0. The monoisotopic (exact) mass is 458 g/mol.